The van der Waals surface area contributed by atoms with Crippen LogP contribution in [-0.2, 0) is 53.2 Å². The highest BCUT2D eigenvalue weighted by Gasteiger charge is 2.48. The van der Waals surface area contributed by atoms with E-state index in [1.165, 1.54) is 11.0 Å². The van der Waals surface area contributed by atoms with E-state index in [-0.39, 0.29) is 32.8 Å². The van der Waals surface area contributed by atoms with E-state index < -0.39 is 41.6 Å². The molecular formula is C35H37NO8. The molecule has 0 saturated carbocycles. The van der Waals surface area contributed by atoms with Crippen LogP contribution in [0.1, 0.15) is 43.9 Å². The van der Waals surface area contributed by atoms with E-state index in [1.807, 2.05) is 78.9 Å². The molecule has 3 aromatic rings. The van der Waals surface area contributed by atoms with Crippen molar-refractivity contribution in [3.05, 3.63) is 119 Å². The first-order valence-electron chi connectivity index (χ1n) is 14.4. The Morgan fingerprint density at radius 1 is 0.727 bits per heavy atom. The predicted octanol–water partition coefficient (Wildman–Crippen LogP) is 5.77. The van der Waals surface area contributed by atoms with Crippen molar-refractivity contribution in [2.75, 3.05) is 6.54 Å². The molecule has 0 unspecified atom stereocenters. The van der Waals surface area contributed by atoms with Crippen LogP contribution in [0.3, 0.4) is 0 Å². The van der Waals surface area contributed by atoms with Crippen molar-refractivity contribution in [3.8, 4) is 0 Å². The largest absolute Gasteiger partial charge is 0.461 e. The number of hydrogen-bond acceptors (Lipinski definition) is 8. The van der Waals surface area contributed by atoms with E-state index in [0.29, 0.717) is 5.57 Å². The predicted molar refractivity (Wildman–Crippen MR) is 162 cm³/mol. The van der Waals surface area contributed by atoms with Crippen LogP contribution in [0.2, 0.25) is 0 Å². The Kier molecular flexibility index (Phi) is 10.9. The highest BCUT2D eigenvalue weighted by Crippen LogP contribution is 2.35. The number of amides is 1. The van der Waals surface area contributed by atoms with E-state index in [4.69, 9.17) is 18.9 Å². The second kappa shape index (κ2) is 15.0. The number of ether oxygens (including phenoxy) is 4. The molecule has 0 aromatic heterocycles. The van der Waals surface area contributed by atoms with Gasteiger partial charge in [0.15, 0.2) is 0 Å². The maximum atomic E-state index is 13.7. The molecule has 230 valence electrons. The molecule has 0 bridgehead atoms. The first kappa shape index (κ1) is 32.0. The zero-order valence-electron chi connectivity index (χ0n) is 25.1. The topological polar surface area (TPSA) is 108 Å². The summed E-state index contributed by atoms with van der Waals surface area (Å²) >= 11 is 0. The lowest BCUT2D eigenvalue weighted by Gasteiger charge is -2.25. The molecule has 1 amide bonds. The van der Waals surface area contributed by atoms with Crippen molar-refractivity contribution in [2.45, 2.75) is 58.7 Å². The molecule has 1 heterocycles. The molecule has 1 fully saturated rings. The van der Waals surface area contributed by atoms with Gasteiger partial charge in [0.2, 0.25) is 0 Å². The van der Waals surface area contributed by atoms with E-state index in [9.17, 15) is 19.2 Å². The van der Waals surface area contributed by atoms with Crippen molar-refractivity contribution in [3.63, 3.8) is 0 Å². The fourth-order valence-corrected chi connectivity index (χ4v) is 4.77. The van der Waals surface area contributed by atoms with Gasteiger partial charge >= 0.3 is 24.0 Å². The van der Waals surface area contributed by atoms with Crippen molar-refractivity contribution >= 4 is 24.0 Å². The fraction of sp³-hybridized carbons (Fsp3) is 0.314. The van der Waals surface area contributed by atoms with Gasteiger partial charge in [0.1, 0.15) is 31.5 Å². The summed E-state index contributed by atoms with van der Waals surface area (Å²) in [5.41, 5.74) is 1.88. The van der Waals surface area contributed by atoms with E-state index >= 15 is 0 Å². The third kappa shape index (κ3) is 9.55. The normalized spacial score (nSPS) is 17.2. The second-order valence-corrected chi connectivity index (χ2v) is 11.4. The summed E-state index contributed by atoms with van der Waals surface area (Å²) in [4.78, 5) is 54.3. The van der Waals surface area contributed by atoms with Crippen molar-refractivity contribution in [2.24, 2.45) is 5.92 Å². The molecule has 0 radical (unpaired) electrons. The molecule has 1 aliphatic rings. The average molecular weight is 600 g/mol. The van der Waals surface area contributed by atoms with Gasteiger partial charge in [-0.2, -0.15) is 0 Å². The zero-order valence-corrected chi connectivity index (χ0v) is 25.1. The molecule has 9 nitrogen and oxygen atoms in total. The number of benzene rings is 3. The Labute approximate surface area is 257 Å². The van der Waals surface area contributed by atoms with Gasteiger partial charge < -0.3 is 18.9 Å². The molecule has 4 rings (SSSR count). The van der Waals surface area contributed by atoms with Crippen LogP contribution < -0.4 is 0 Å². The highest BCUT2D eigenvalue weighted by molar-refractivity contribution is 5.88. The molecule has 2 atom stereocenters. The molecular weight excluding hydrogens is 562 g/mol. The highest BCUT2D eigenvalue weighted by atomic mass is 16.6. The SMILES string of the molecule is CC(C)(C)OC(=O)/C=C1\CN(C(=O)OCc2ccccc2)[C@H](C(=O)OCc2ccccc2)[C@H]1CC(=O)OCc1ccccc1. The molecule has 0 N–H and O–H groups in total. The summed E-state index contributed by atoms with van der Waals surface area (Å²) in [7, 11) is 0. The van der Waals surface area contributed by atoms with Gasteiger partial charge in [-0.05, 0) is 43.0 Å². The second-order valence-electron chi connectivity index (χ2n) is 11.4. The Morgan fingerprint density at radius 2 is 1.20 bits per heavy atom. The van der Waals surface area contributed by atoms with Gasteiger partial charge in [-0.1, -0.05) is 91.0 Å². The number of nitrogens with zero attached hydrogens (tertiary/aromatic N) is 1. The lowest BCUT2D eigenvalue weighted by molar-refractivity contribution is -0.153. The molecule has 0 aliphatic carbocycles. The maximum absolute atomic E-state index is 13.7. The number of rotatable bonds is 10. The third-order valence-electron chi connectivity index (χ3n) is 6.79. The Hall–Kier alpha value is -4.92. The van der Waals surface area contributed by atoms with E-state index in [0.717, 1.165) is 16.7 Å². The first-order valence-corrected chi connectivity index (χ1v) is 14.4. The van der Waals surface area contributed by atoms with Gasteiger partial charge in [0, 0.05) is 18.5 Å². The third-order valence-corrected chi connectivity index (χ3v) is 6.79. The van der Waals surface area contributed by atoms with E-state index in [2.05, 4.69) is 0 Å². The minimum absolute atomic E-state index is 0.0309. The van der Waals surface area contributed by atoms with Crippen LogP contribution in [0.4, 0.5) is 4.79 Å². The van der Waals surface area contributed by atoms with Crippen LogP contribution in [-0.4, -0.2) is 47.1 Å². The number of likely N-dealkylation sites (tertiary alicyclic amines) is 1. The van der Waals surface area contributed by atoms with E-state index in [1.54, 1.807) is 32.9 Å². The summed E-state index contributed by atoms with van der Waals surface area (Å²) in [6.45, 7) is 5.00. The van der Waals surface area contributed by atoms with Crippen LogP contribution in [0.25, 0.3) is 0 Å². The average Bonchev–Trinajstić information content (AvgIpc) is 3.35. The molecule has 0 spiro atoms. The van der Waals surface area contributed by atoms with Gasteiger partial charge in [-0.3, -0.25) is 9.69 Å². The van der Waals surface area contributed by atoms with Crippen molar-refractivity contribution < 1.29 is 38.1 Å². The lowest BCUT2D eigenvalue weighted by atomic mass is 9.92. The minimum Gasteiger partial charge on any atom is -0.461 e. The van der Waals surface area contributed by atoms with Gasteiger partial charge in [0.25, 0.3) is 0 Å². The zero-order chi connectivity index (χ0) is 31.5. The van der Waals surface area contributed by atoms with Gasteiger partial charge in [-0.15, -0.1) is 0 Å². The number of esters is 3. The number of hydrogen-bond donors (Lipinski definition) is 0. The monoisotopic (exact) mass is 599 g/mol. The molecule has 1 saturated heterocycles. The van der Waals surface area contributed by atoms with Crippen LogP contribution in [0.5, 0.6) is 0 Å². The molecule has 9 heteroatoms. The Bertz CT molecular complexity index is 1450. The van der Waals surface area contributed by atoms with Crippen molar-refractivity contribution in [1.82, 2.24) is 4.90 Å². The fourth-order valence-electron chi connectivity index (χ4n) is 4.77. The first-order chi connectivity index (χ1) is 21.1. The molecule has 3 aromatic carbocycles. The Balaban J connectivity index is 1.61. The summed E-state index contributed by atoms with van der Waals surface area (Å²) in [5, 5.41) is 0. The van der Waals surface area contributed by atoms with Crippen LogP contribution in [0, 0.1) is 5.92 Å². The van der Waals surface area contributed by atoms with Crippen LogP contribution in [0.15, 0.2) is 103 Å². The van der Waals surface area contributed by atoms with Gasteiger partial charge in [0.05, 0.1) is 6.42 Å². The van der Waals surface area contributed by atoms with Crippen LogP contribution >= 0.6 is 0 Å². The summed E-state index contributed by atoms with van der Waals surface area (Å²) in [6, 6.07) is 26.1. The number of carbonyl (C=O) groups is 4. The summed E-state index contributed by atoms with van der Waals surface area (Å²) in [5.74, 6) is -2.92. The molecule has 44 heavy (non-hydrogen) atoms. The lowest BCUT2D eigenvalue weighted by Crippen LogP contribution is -2.45. The summed E-state index contributed by atoms with van der Waals surface area (Å²) in [6.07, 6.45) is 0.169. The number of carbonyl (C=O) groups excluding carboxylic acids is 4. The quantitative estimate of drug-likeness (QED) is 0.164. The molecule has 1 aliphatic heterocycles. The maximum Gasteiger partial charge on any atom is 0.411 e. The van der Waals surface area contributed by atoms with Gasteiger partial charge in [-0.25, -0.2) is 14.4 Å². The smallest absolute Gasteiger partial charge is 0.411 e. The minimum atomic E-state index is -1.25. The van der Waals surface area contributed by atoms with Crippen molar-refractivity contribution in [1.29, 1.82) is 0 Å². The standard InChI is InChI=1S/C35H37NO8/c1-35(2,3)44-31(38)19-28-21-36(34(40)43-24-27-17-11-6-12-18-27)32(33(39)42-23-26-15-9-5-10-16-26)29(28)20-30(37)41-22-25-13-7-4-8-14-25/h4-19,29,32H,20-24H2,1-3H3/b28-19+/t29-,32-/m0/s1. The Morgan fingerprint density at radius 3 is 1.70 bits per heavy atom. The summed E-state index contributed by atoms with van der Waals surface area (Å²) < 4.78 is 22.2.